The maximum absolute atomic E-state index is 12.9. The van der Waals surface area contributed by atoms with Crippen molar-refractivity contribution in [3.05, 3.63) is 78.6 Å². The Morgan fingerprint density at radius 1 is 1.07 bits per heavy atom. The van der Waals surface area contributed by atoms with Gasteiger partial charge in [-0.25, -0.2) is 9.97 Å². The molecule has 2 heterocycles. The third kappa shape index (κ3) is 4.76. The number of carbonyl (C=O) groups excluding carboxylic acids is 1. The molecule has 4 rings (SSSR count). The van der Waals surface area contributed by atoms with Gasteiger partial charge in [-0.3, -0.25) is 4.79 Å². The SMILES string of the molecule is C[C@@H](NC(=O)[C@H]1CCCN(c2nccnc2Oc2ccccc2)C1)c1ccccc1. The van der Waals surface area contributed by atoms with E-state index in [-0.39, 0.29) is 17.9 Å². The first-order valence-electron chi connectivity index (χ1n) is 10.3. The van der Waals surface area contributed by atoms with Gasteiger partial charge in [-0.2, -0.15) is 0 Å². The normalized spacial score (nSPS) is 17.2. The average Bonchev–Trinajstić information content (AvgIpc) is 2.81. The molecule has 0 aliphatic carbocycles. The monoisotopic (exact) mass is 402 g/mol. The fourth-order valence-electron chi connectivity index (χ4n) is 3.75. The first-order valence-corrected chi connectivity index (χ1v) is 10.3. The van der Waals surface area contributed by atoms with Crippen LogP contribution in [0.3, 0.4) is 0 Å². The summed E-state index contributed by atoms with van der Waals surface area (Å²) in [5, 5.41) is 3.16. The summed E-state index contributed by atoms with van der Waals surface area (Å²) < 4.78 is 5.97. The molecule has 6 heteroatoms. The van der Waals surface area contributed by atoms with E-state index < -0.39 is 0 Å². The largest absolute Gasteiger partial charge is 0.436 e. The summed E-state index contributed by atoms with van der Waals surface area (Å²) in [4.78, 5) is 23.9. The van der Waals surface area contributed by atoms with E-state index in [0.717, 1.165) is 24.9 Å². The zero-order valence-corrected chi connectivity index (χ0v) is 17.1. The lowest BCUT2D eigenvalue weighted by Crippen LogP contribution is -2.44. The predicted octanol–water partition coefficient (Wildman–Crippen LogP) is 4.36. The Bertz CT molecular complexity index is 965. The summed E-state index contributed by atoms with van der Waals surface area (Å²) in [5.74, 6) is 1.82. The lowest BCUT2D eigenvalue weighted by molar-refractivity contribution is -0.125. The number of aromatic nitrogens is 2. The summed E-state index contributed by atoms with van der Waals surface area (Å²) in [6, 6.07) is 19.5. The molecule has 2 atom stereocenters. The molecule has 2 aromatic carbocycles. The first-order chi connectivity index (χ1) is 14.7. The lowest BCUT2D eigenvalue weighted by atomic mass is 9.96. The summed E-state index contributed by atoms with van der Waals surface area (Å²) in [7, 11) is 0. The van der Waals surface area contributed by atoms with Crippen molar-refractivity contribution in [2.24, 2.45) is 5.92 Å². The van der Waals surface area contributed by atoms with Gasteiger partial charge < -0.3 is 15.0 Å². The van der Waals surface area contributed by atoms with Crippen LogP contribution in [0.5, 0.6) is 11.6 Å². The molecule has 1 aliphatic heterocycles. The summed E-state index contributed by atoms with van der Waals surface area (Å²) in [6.07, 6.45) is 5.06. The van der Waals surface area contributed by atoms with Crippen LogP contribution in [0.4, 0.5) is 5.82 Å². The second kappa shape index (κ2) is 9.39. The molecule has 1 aliphatic rings. The van der Waals surface area contributed by atoms with Gasteiger partial charge in [0.1, 0.15) is 5.75 Å². The minimum Gasteiger partial charge on any atom is -0.436 e. The van der Waals surface area contributed by atoms with E-state index in [9.17, 15) is 4.79 Å². The Kier molecular flexibility index (Phi) is 6.23. The molecule has 1 aromatic heterocycles. The molecule has 0 radical (unpaired) electrons. The van der Waals surface area contributed by atoms with Crippen LogP contribution in [0.25, 0.3) is 0 Å². The van der Waals surface area contributed by atoms with Gasteiger partial charge in [0.2, 0.25) is 5.91 Å². The van der Waals surface area contributed by atoms with Crippen LogP contribution in [0.2, 0.25) is 0 Å². The average molecular weight is 402 g/mol. The van der Waals surface area contributed by atoms with Gasteiger partial charge in [-0.15, -0.1) is 0 Å². The number of hydrogen-bond donors (Lipinski definition) is 1. The maximum atomic E-state index is 12.9. The number of rotatable bonds is 6. The van der Waals surface area contributed by atoms with Crippen molar-refractivity contribution in [1.82, 2.24) is 15.3 Å². The van der Waals surface area contributed by atoms with E-state index >= 15 is 0 Å². The van der Waals surface area contributed by atoms with Gasteiger partial charge in [-0.05, 0) is 37.5 Å². The molecule has 0 bridgehead atoms. The minimum absolute atomic E-state index is 0.0254. The third-order valence-corrected chi connectivity index (χ3v) is 5.35. The quantitative estimate of drug-likeness (QED) is 0.663. The smallest absolute Gasteiger partial charge is 0.263 e. The van der Waals surface area contributed by atoms with Gasteiger partial charge in [-0.1, -0.05) is 48.5 Å². The molecule has 1 amide bonds. The molecule has 0 unspecified atom stereocenters. The number of para-hydroxylation sites is 1. The highest BCUT2D eigenvalue weighted by Gasteiger charge is 2.29. The number of benzene rings is 2. The number of piperidine rings is 1. The Balaban J connectivity index is 1.45. The van der Waals surface area contributed by atoms with Crippen LogP contribution < -0.4 is 15.0 Å². The molecular formula is C24H26N4O2. The van der Waals surface area contributed by atoms with Crippen LogP contribution in [-0.2, 0) is 4.79 Å². The van der Waals surface area contributed by atoms with E-state index in [0.29, 0.717) is 24.0 Å². The van der Waals surface area contributed by atoms with Gasteiger partial charge >= 0.3 is 0 Å². The van der Waals surface area contributed by atoms with Crippen molar-refractivity contribution in [3.63, 3.8) is 0 Å². The number of nitrogens with zero attached hydrogens (tertiary/aromatic N) is 3. The van der Waals surface area contributed by atoms with Crippen LogP contribution in [0.1, 0.15) is 31.4 Å². The van der Waals surface area contributed by atoms with Crippen LogP contribution in [0.15, 0.2) is 73.1 Å². The highest BCUT2D eigenvalue weighted by molar-refractivity contribution is 5.80. The number of hydrogen-bond acceptors (Lipinski definition) is 5. The van der Waals surface area contributed by atoms with Crippen molar-refractivity contribution < 1.29 is 9.53 Å². The number of anilines is 1. The molecule has 1 saturated heterocycles. The molecule has 0 spiro atoms. The van der Waals surface area contributed by atoms with Crippen molar-refractivity contribution >= 4 is 11.7 Å². The van der Waals surface area contributed by atoms with Crippen molar-refractivity contribution in [3.8, 4) is 11.6 Å². The summed E-state index contributed by atoms with van der Waals surface area (Å²) in [6.45, 7) is 3.43. The Morgan fingerprint density at radius 3 is 2.53 bits per heavy atom. The van der Waals surface area contributed by atoms with E-state index in [2.05, 4.69) is 20.2 Å². The van der Waals surface area contributed by atoms with Crippen LogP contribution >= 0.6 is 0 Å². The molecule has 3 aromatic rings. The van der Waals surface area contributed by atoms with Crippen molar-refractivity contribution in [2.75, 3.05) is 18.0 Å². The van der Waals surface area contributed by atoms with Gasteiger partial charge in [0, 0.05) is 25.5 Å². The molecule has 1 N–H and O–H groups in total. The van der Waals surface area contributed by atoms with E-state index in [1.54, 1.807) is 12.4 Å². The molecule has 154 valence electrons. The van der Waals surface area contributed by atoms with E-state index in [1.165, 1.54) is 0 Å². The molecule has 0 saturated carbocycles. The van der Waals surface area contributed by atoms with Gasteiger partial charge in [0.15, 0.2) is 5.82 Å². The van der Waals surface area contributed by atoms with E-state index in [1.807, 2.05) is 67.6 Å². The number of carbonyl (C=O) groups is 1. The second-order valence-electron chi connectivity index (χ2n) is 7.53. The van der Waals surface area contributed by atoms with Crippen molar-refractivity contribution in [2.45, 2.75) is 25.8 Å². The minimum atomic E-state index is -0.100. The fourth-order valence-corrected chi connectivity index (χ4v) is 3.75. The zero-order chi connectivity index (χ0) is 20.8. The van der Waals surface area contributed by atoms with Crippen molar-refractivity contribution in [1.29, 1.82) is 0 Å². The Morgan fingerprint density at radius 2 is 1.77 bits per heavy atom. The molecular weight excluding hydrogens is 376 g/mol. The Hall–Kier alpha value is -3.41. The van der Waals surface area contributed by atoms with E-state index in [4.69, 9.17) is 4.74 Å². The van der Waals surface area contributed by atoms with Gasteiger partial charge in [0.25, 0.3) is 5.88 Å². The fraction of sp³-hybridized carbons (Fsp3) is 0.292. The molecule has 30 heavy (non-hydrogen) atoms. The summed E-state index contributed by atoms with van der Waals surface area (Å²) in [5.41, 5.74) is 1.10. The highest BCUT2D eigenvalue weighted by atomic mass is 16.5. The number of ether oxygens (including phenoxy) is 1. The topological polar surface area (TPSA) is 67.4 Å². The standard InChI is InChI=1S/C24H26N4O2/c1-18(19-9-4-2-5-10-19)27-23(29)20-11-8-16-28(17-20)22-24(26-15-14-25-22)30-21-12-6-3-7-13-21/h2-7,9-10,12-15,18,20H,8,11,16-17H2,1H3,(H,27,29)/t18-,20+/m1/s1. The second-order valence-corrected chi connectivity index (χ2v) is 7.53. The number of nitrogens with one attached hydrogen (secondary N) is 1. The van der Waals surface area contributed by atoms with Crippen LogP contribution in [-0.4, -0.2) is 29.0 Å². The highest BCUT2D eigenvalue weighted by Crippen LogP contribution is 2.31. The Labute approximate surface area is 176 Å². The molecule has 6 nitrogen and oxygen atoms in total. The van der Waals surface area contributed by atoms with Gasteiger partial charge in [0.05, 0.1) is 12.0 Å². The third-order valence-electron chi connectivity index (χ3n) is 5.35. The lowest BCUT2D eigenvalue weighted by Gasteiger charge is -2.33. The maximum Gasteiger partial charge on any atom is 0.263 e. The molecule has 1 fully saturated rings. The zero-order valence-electron chi connectivity index (χ0n) is 17.1. The predicted molar refractivity (Wildman–Crippen MR) is 116 cm³/mol. The first kappa shape index (κ1) is 19.9. The number of amides is 1. The van der Waals surface area contributed by atoms with Crippen LogP contribution in [0, 0.1) is 5.92 Å². The summed E-state index contributed by atoms with van der Waals surface area (Å²) >= 11 is 0.